The van der Waals surface area contributed by atoms with Crippen LogP contribution in [0.4, 0.5) is 4.79 Å². The highest BCUT2D eigenvalue weighted by atomic mass is 32.2. The number of rotatable bonds is 7. The van der Waals surface area contributed by atoms with Gasteiger partial charge in [0.15, 0.2) is 9.84 Å². The molecule has 0 aromatic heterocycles. The van der Waals surface area contributed by atoms with Crippen LogP contribution >= 0.6 is 0 Å². The fourth-order valence-electron chi connectivity index (χ4n) is 2.31. The molecule has 23 heavy (non-hydrogen) atoms. The van der Waals surface area contributed by atoms with Crippen LogP contribution in [0.5, 0.6) is 5.75 Å². The molecule has 0 spiro atoms. The van der Waals surface area contributed by atoms with Crippen LogP contribution < -0.4 is 15.4 Å². The number of urea groups is 1. The van der Waals surface area contributed by atoms with Gasteiger partial charge >= 0.3 is 6.03 Å². The predicted octanol–water partition coefficient (Wildman–Crippen LogP) is 0.160. The van der Waals surface area contributed by atoms with E-state index in [0.717, 1.165) is 0 Å². The summed E-state index contributed by atoms with van der Waals surface area (Å²) in [5, 5.41) is 14.9. The lowest BCUT2D eigenvalue weighted by Gasteiger charge is -2.14. The Balaban J connectivity index is 1.58. The maximum atomic E-state index is 11.6. The van der Waals surface area contributed by atoms with Crippen LogP contribution in [-0.4, -0.2) is 56.9 Å². The van der Waals surface area contributed by atoms with Gasteiger partial charge < -0.3 is 20.5 Å². The minimum absolute atomic E-state index is 0.0305. The van der Waals surface area contributed by atoms with E-state index in [1.165, 1.54) is 0 Å². The first-order chi connectivity index (χ1) is 10.9. The Bertz CT molecular complexity index is 606. The number of hydrogen-bond acceptors (Lipinski definition) is 5. The summed E-state index contributed by atoms with van der Waals surface area (Å²) in [6.45, 7) is 0.453. The molecule has 0 saturated carbocycles. The highest BCUT2D eigenvalue weighted by molar-refractivity contribution is 7.91. The van der Waals surface area contributed by atoms with Crippen LogP contribution in [0.3, 0.4) is 0 Å². The first-order valence-electron chi connectivity index (χ1n) is 7.52. The molecule has 7 nitrogen and oxygen atoms in total. The molecule has 3 N–H and O–H groups in total. The van der Waals surface area contributed by atoms with Gasteiger partial charge in [-0.2, -0.15) is 0 Å². The Morgan fingerprint density at radius 3 is 2.70 bits per heavy atom. The molecule has 8 heteroatoms. The normalized spacial score (nSPS) is 20.7. The molecule has 2 amide bonds. The number of carbonyl (C=O) groups excluding carboxylic acids is 1. The highest BCUT2D eigenvalue weighted by Crippen LogP contribution is 2.17. The number of benzene rings is 1. The zero-order chi connectivity index (χ0) is 16.7. The van der Waals surface area contributed by atoms with Gasteiger partial charge in [-0.25, -0.2) is 13.2 Å². The molecule has 1 aromatic carbocycles. The first kappa shape index (κ1) is 17.6. The SMILES string of the molecule is O=C(NC[C@H](O)COc1ccccc1)NC[C@H]1CCS(=O)(=O)C1. The van der Waals surface area contributed by atoms with Crippen molar-refractivity contribution in [1.29, 1.82) is 0 Å². The highest BCUT2D eigenvalue weighted by Gasteiger charge is 2.27. The minimum Gasteiger partial charge on any atom is -0.491 e. The Labute approximate surface area is 136 Å². The molecular weight excluding hydrogens is 320 g/mol. The van der Waals surface area contributed by atoms with E-state index in [1.54, 1.807) is 12.1 Å². The van der Waals surface area contributed by atoms with E-state index >= 15 is 0 Å². The molecule has 0 unspecified atom stereocenters. The zero-order valence-corrected chi connectivity index (χ0v) is 13.6. The summed E-state index contributed by atoms with van der Waals surface area (Å²) in [5.74, 6) is 0.938. The summed E-state index contributed by atoms with van der Waals surface area (Å²) in [6.07, 6.45) is -0.247. The van der Waals surface area contributed by atoms with Crippen LogP contribution in [-0.2, 0) is 9.84 Å². The monoisotopic (exact) mass is 342 g/mol. The van der Waals surface area contributed by atoms with Gasteiger partial charge in [-0.3, -0.25) is 0 Å². The summed E-state index contributed by atoms with van der Waals surface area (Å²) in [7, 11) is -2.93. The van der Waals surface area contributed by atoms with Crippen molar-refractivity contribution in [3.63, 3.8) is 0 Å². The van der Waals surface area contributed by atoms with E-state index in [2.05, 4.69) is 10.6 Å². The van der Waals surface area contributed by atoms with Crippen molar-refractivity contribution < 1.29 is 23.1 Å². The predicted molar refractivity (Wildman–Crippen MR) is 86.1 cm³/mol. The lowest BCUT2D eigenvalue weighted by molar-refractivity contribution is 0.108. The second-order valence-corrected chi connectivity index (χ2v) is 7.87. The van der Waals surface area contributed by atoms with Crippen LogP contribution in [0.15, 0.2) is 30.3 Å². The van der Waals surface area contributed by atoms with Crippen molar-refractivity contribution in [2.75, 3.05) is 31.2 Å². The average molecular weight is 342 g/mol. The number of ether oxygens (including phenoxy) is 1. The molecule has 2 rings (SSSR count). The summed E-state index contributed by atoms with van der Waals surface area (Å²) >= 11 is 0. The van der Waals surface area contributed by atoms with Crippen molar-refractivity contribution in [1.82, 2.24) is 10.6 Å². The molecule has 1 heterocycles. The van der Waals surface area contributed by atoms with Gasteiger partial charge in [0.05, 0.1) is 11.5 Å². The van der Waals surface area contributed by atoms with Crippen LogP contribution in [0.2, 0.25) is 0 Å². The third-order valence-corrected chi connectivity index (χ3v) is 5.40. The summed E-state index contributed by atoms with van der Waals surface area (Å²) in [5.41, 5.74) is 0. The Hall–Kier alpha value is -1.80. The summed E-state index contributed by atoms with van der Waals surface area (Å²) in [6, 6.07) is 8.66. The fourth-order valence-corrected chi connectivity index (χ4v) is 4.17. The second kappa shape index (κ2) is 8.16. The number of para-hydroxylation sites is 1. The Morgan fingerprint density at radius 2 is 2.04 bits per heavy atom. The van der Waals surface area contributed by atoms with Crippen LogP contribution in [0, 0.1) is 5.92 Å². The van der Waals surface area contributed by atoms with Crippen molar-refractivity contribution in [2.45, 2.75) is 12.5 Å². The van der Waals surface area contributed by atoms with Gasteiger partial charge in [0.1, 0.15) is 18.5 Å². The van der Waals surface area contributed by atoms with Crippen molar-refractivity contribution in [3.8, 4) is 5.75 Å². The Kier molecular flexibility index (Phi) is 6.23. The molecule has 2 atom stereocenters. The van der Waals surface area contributed by atoms with Gasteiger partial charge in [-0.1, -0.05) is 18.2 Å². The molecule has 1 aliphatic rings. The van der Waals surface area contributed by atoms with Crippen LogP contribution in [0.25, 0.3) is 0 Å². The lowest BCUT2D eigenvalue weighted by atomic mass is 10.1. The van der Waals surface area contributed by atoms with Gasteiger partial charge in [0.2, 0.25) is 0 Å². The smallest absolute Gasteiger partial charge is 0.314 e. The summed E-state index contributed by atoms with van der Waals surface area (Å²) in [4.78, 5) is 11.6. The number of aliphatic hydroxyl groups excluding tert-OH is 1. The molecule has 1 aliphatic heterocycles. The number of amides is 2. The number of nitrogens with one attached hydrogen (secondary N) is 2. The fraction of sp³-hybridized carbons (Fsp3) is 0.533. The van der Waals surface area contributed by atoms with E-state index in [4.69, 9.17) is 4.74 Å². The third kappa shape index (κ3) is 6.45. The third-order valence-electron chi connectivity index (χ3n) is 3.56. The van der Waals surface area contributed by atoms with Crippen molar-refractivity contribution >= 4 is 15.9 Å². The molecule has 1 saturated heterocycles. The number of sulfone groups is 1. The zero-order valence-electron chi connectivity index (χ0n) is 12.8. The molecule has 0 bridgehead atoms. The second-order valence-electron chi connectivity index (χ2n) is 5.64. The van der Waals surface area contributed by atoms with E-state index in [9.17, 15) is 18.3 Å². The van der Waals surface area contributed by atoms with E-state index in [-0.39, 0.29) is 30.6 Å². The number of aliphatic hydroxyl groups is 1. The van der Waals surface area contributed by atoms with E-state index in [1.807, 2.05) is 18.2 Å². The molecule has 1 aromatic rings. The molecule has 128 valence electrons. The molecule has 0 radical (unpaired) electrons. The minimum atomic E-state index is -2.93. The molecular formula is C15H22N2O5S. The average Bonchev–Trinajstić information content (AvgIpc) is 2.89. The number of carbonyl (C=O) groups is 1. The quantitative estimate of drug-likeness (QED) is 0.655. The lowest BCUT2D eigenvalue weighted by Crippen LogP contribution is -2.42. The topological polar surface area (TPSA) is 105 Å². The first-order valence-corrected chi connectivity index (χ1v) is 9.35. The maximum absolute atomic E-state index is 11.6. The van der Waals surface area contributed by atoms with E-state index in [0.29, 0.717) is 18.7 Å². The largest absolute Gasteiger partial charge is 0.491 e. The van der Waals surface area contributed by atoms with Crippen molar-refractivity contribution in [2.24, 2.45) is 5.92 Å². The molecule has 0 aliphatic carbocycles. The number of hydrogen-bond donors (Lipinski definition) is 3. The molecule has 1 fully saturated rings. The maximum Gasteiger partial charge on any atom is 0.314 e. The standard InChI is InChI=1S/C15H22N2O5S/c18-13(10-22-14-4-2-1-3-5-14)9-17-15(19)16-8-12-6-7-23(20,21)11-12/h1-5,12-13,18H,6-11H2,(H2,16,17,19)/t12-,13+/m1/s1. The van der Waals surface area contributed by atoms with Gasteiger partial charge in [-0.05, 0) is 24.5 Å². The van der Waals surface area contributed by atoms with Crippen molar-refractivity contribution in [3.05, 3.63) is 30.3 Å². The van der Waals surface area contributed by atoms with E-state index < -0.39 is 22.0 Å². The van der Waals surface area contributed by atoms with Crippen LogP contribution in [0.1, 0.15) is 6.42 Å². The van der Waals surface area contributed by atoms with Gasteiger partial charge in [-0.15, -0.1) is 0 Å². The van der Waals surface area contributed by atoms with Gasteiger partial charge in [0.25, 0.3) is 0 Å². The van der Waals surface area contributed by atoms with Gasteiger partial charge in [0, 0.05) is 13.1 Å². The summed E-state index contributed by atoms with van der Waals surface area (Å²) < 4.78 is 28.0. The Morgan fingerprint density at radius 1 is 1.30 bits per heavy atom.